The highest BCUT2D eigenvalue weighted by atomic mass is 16.6. The van der Waals surface area contributed by atoms with E-state index in [0.717, 1.165) is 11.1 Å². The van der Waals surface area contributed by atoms with Crippen molar-refractivity contribution in [3.8, 4) is 6.07 Å². The highest BCUT2D eigenvalue weighted by Crippen LogP contribution is 2.38. The molecule has 45 heavy (non-hydrogen) atoms. The van der Waals surface area contributed by atoms with E-state index in [-0.39, 0.29) is 12.0 Å². The second-order valence-corrected chi connectivity index (χ2v) is 11.9. The fraction of sp³-hybridized carbons (Fsp3) is 0.400. The quantitative estimate of drug-likeness (QED) is 0.188. The first-order chi connectivity index (χ1) is 21.6. The molecule has 0 bridgehead atoms. The number of carbonyl (C=O) groups is 1. The first-order valence-corrected chi connectivity index (χ1v) is 14.6. The van der Waals surface area contributed by atoms with Gasteiger partial charge in [0, 0.05) is 43.9 Å². The van der Waals surface area contributed by atoms with E-state index in [1.54, 1.807) is 45.1 Å². The molecule has 1 fully saturated rings. The number of benzene rings is 1. The van der Waals surface area contributed by atoms with Gasteiger partial charge in [0.25, 0.3) is 5.56 Å². The van der Waals surface area contributed by atoms with E-state index in [2.05, 4.69) is 37.1 Å². The van der Waals surface area contributed by atoms with Crippen molar-refractivity contribution in [2.75, 3.05) is 18.4 Å². The Labute approximate surface area is 259 Å². The number of nitrogens with one attached hydrogen (secondary N) is 4. The van der Waals surface area contributed by atoms with E-state index < -0.39 is 17.2 Å². The third-order valence-corrected chi connectivity index (χ3v) is 7.51. The van der Waals surface area contributed by atoms with Gasteiger partial charge in [0.05, 0.1) is 42.5 Å². The number of nitriles is 1. The Morgan fingerprint density at radius 2 is 2.04 bits per heavy atom. The average Bonchev–Trinajstić information content (AvgIpc) is 3.64. The van der Waals surface area contributed by atoms with Crippen molar-refractivity contribution >= 4 is 28.5 Å². The highest BCUT2D eigenvalue weighted by molar-refractivity contribution is 5.91. The van der Waals surface area contributed by atoms with Crippen LogP contribution in [0.3, 0.4) is 0 Å². The number of pyridine rings is 1. The Kier molecular flexibility index (Phi) is 8.93. The molecular weight excluding hydrogens is 576 g/mol. The minimum absolute atomic E-state index is 0.152. The molecule has 0 saturated carbocycles. The van der Waals surface area contributed by atoms with Crippen LogP contribution in [0, 0.1) is 16.9 Å². The molecule has 1 saturated heterocycles. The maximum absolute atomic E-state index is 13.2. The number of likely N-dealkylation sites (tertiary alicyclic amines) is 1. The van der Waals surface area contributed by atoms with Crippen molar-refractivity contribution in [1.29, 1.82) is 10.8 Å². The van der Waals surface area contributed by atoms with Crippen molar-refractivity contribution in [3.63, 3.8) is 0 Å². The number of hydrogen-bond donors (Lipinski definition) is 4. The fourth-order valence-corrected chi connectivity index (χ4v) is 5.50. The zero-order valence-corrected chi connectivity index (χ0v) is 25.4. The van der Waals surface area contributed by atoms with Gasteiger partial charge in [-0.3, -0.25) is 9.48 Å². The SMILES string of the molecule is CC(C)(C)OC(=O)N1CCC(CC#N)(n2nc(Nc3cc(CN/C=C\N=N)cc(Cn4ccnn4)c3)c3c(=O)[nH]ccc32)CC1. The molecule has 0 spiro atoms. The lowest BCUT2D eigenvalue weighted by Crippen LogP contribution is -2.49. The molecule has 1 aromatic carbocycles. The Hall–Kier alpha value is -5.52. The number of fused-ring (bicyclic) bond motifs is 1. The average molecular weight is 613 g/mol. The monoisotopic (exact) mass is 612 g/mol. The van der Waals surface area contributed by atoms with E-state index >= 15 is 0 Å². The normalized spacial score (nSPS) is 14.8. The van der Waals surface area contributed by atoms with Crippen LogP contribution in [0.25, 0.3) is 10.9 Å². The number of H-pyrrole nitrogens is 1. The molecular formula is C30H36N12O3. The largest absolute Gasteiger partial charge is 0.444 e. The number of hydrogen-bond acceptors (Lipinski definition) is 11. The minimum atomic E-state index is -0.738. The van der Waals surface area contributed by atoms with E-state index in [0.29, 0.717) is 61.4 Å². The lowest BCUT2D eigenvalue weighted by Gasteiger charge is -2.41. The number of ether oxygens (including phenoxy) is 1. The van der Waals surface area contributed by atoms with E-state index in [4.69, 9.17) is 15.4 Å². The van der Waals surface area contributed by atoms with Crippen LogP contribution >= 0.6 is 0 Å². The zero-order chi connectivity index (χ0) is 32.0. The van der Waals surface area contributed by atoms with E-state index in [9.17, 15) is 14.9 Å². The molecule has 0 unspecified atom stereocenters. The molecule has 4 N–H and O–H groups in total. The Morgan fingerprint density at radius 1 is 1.27 bits per heavy atom. The number of anilines is 2. The van der Waals surface area contributed by atoms with Crippen molar-refractivity contribution in [1.82, 2.24) is 40.0 Å². The van der Waals surface area contributed by atoms with Gasteiger partial charge in [0.2, 0.25) is 0 Å². The van der Waals surface area contributed by atoms with Crippen LogP contribution in [0.5, 0.6) is 0 Å². The van der Waals surface area contributed by atoms with Gasteiger partial charge in [-0.05, 0) is 62.9 Å². The highest BCUT2D eigenvalue weighted by Gasteiger charge is 2.41. The Morgan fingerprint density at radius 3 is 2.73 bits per heavy atom. The van der Waals surface area contributed by atoms with Crippen molar-refractivity contribution in [2.24, 2.45) is 5.11 Å². The second-order valence-electron chi connectivity index (χ2n) is 11.9. The maximum Gasteiger partial charge on any atom is 0.410 e. The minimum Gasteiger partial charge on any atom is -0.444 e. The van der Waals surface area contributed by atoms with Gasteiger partial charge in [-0.2, -0.15) is 15.5 Å². The van der Waals surface area contributed by atoms with Gasteiger partial charge in [-0.25, -0.2) is 15.0 Å². The van der Waals surface area contributed by atoms with Gasteiger partial charge in [0.1, 0.15) is 11.0 Å². The van der Waals surface area contributed by atoms with Crippen molar-refractivity contribution in [3.05, 3.63) is 76.7 Å². The van der Waals surface area contributed by atoms with Crippen LogP contribution < -0.4 is 16.2 Å². The van der Waals surface area contributed by atoms with E-state index in [1.165, 1.54) is 6.20 Å². The Bertz CT molecular complexity index is 1790. The summed E-state index contributed by atoms with van der Waals surface area (Å²) in [5, 5.41) is 32.8. The maximum atomic E-state index is 13.2. The molecule has 0 aliphatic carbocycles. The summed E-state index contributed by atoms with van der Waals surface area (Å²) in [6.45, 7) is 7.17. The number of amides is 1. The smallest absolute Gasteiger partial charge is 0.410 e. The van der Waals surface area contributed by atoms with Gasteiger partial charge < -0.3 is 25.3 Å². The molecule has 1 aliphatic heterocycles. The van der Waals surface area contributed by atoms with Crippen molar-refractivity contribution in [2.45, 2.75) is 64.3 Å². The van der Waals surface area contributed by atoms with Crippen LogP contribution in [0.4, 0.5) is 16.3 Å². The summed E-state index contributed by atoms with van der Waals surface area (Å²) in [6.07, 6.45) is 8.57. The lowest BCUT2D eigenvalue weighted by molar-refractivity contribution is 0.0110. The van der Waals surface area contributed by atoms with E-state index in [1.807, 2.05) is 39.0 Å². The van der Waals surface area contributed by atoms with Crippen LogP contribution in [0.2, 0.25) is 0 Å². The lowest BCUT2D eigenvalue weighted by atomic mass is 9.85. The molecule has 15 heteroatoms. The molecule has 1 amide bonds. The molecule has 3 aromatic heterocycles. The Balaban J connectivity index is 1.50. The molecule has 0 radical (unpaired) electrons. The third-order valence-electron chi connectivity index (χ3n) is 7.51. The molecule has 234 valence electrons. The summed E-state index contributed by atoms with van der Waals surface area (Å²) in [7, 11) is 0. The zero-order valence-electron chi connectivity index (χ0n) is 25.4. The number of aromatic nitrogens is 6. The number of carbonyl (C=O) groups excluding carboxylic acids is 1. The molecule has 4 heterocycles. The molecule has 5 rings (SSSR count). The van der Waals surface area contributed by atoms with Crippen LogP contribution in [0.15, 0.2) is 65.2 Å². The van der Waals surface area contributed by atoms with Gasteiger partial charge in [-0.15, -0.1) is 5.10 Å². The fourth-order valence-electron chi connectivity index (χ4n) is 5.50. The summed E-state index contributed by atoms with van der Waals surface area (Å²) in [5.41, 5.74) is 8.42. The van der Waals surface area contributed by atoms with Gasteiger partial charge in [0.15, 0.2) is 5.82 Å². The topological polar surface area (TPSA) is 195 Å². The summed E-state index contributed by atoms with van der Waals surface area (Å²) in [4.78, 5) is 30.4. The van der Waals surface area contributed by atoms with Crippen LogP contribution in [0.1, 0.15) is 51.2 Å². The standard InChI is InChI=1S/C30H36N12O3/c1-29(2,3)45-28(44)40-13-6-30(5-8-31,7-14-40)42-24-4-9-34-27(43)25(24)26(38-42)37-23-17-21(19-33-10-11-35-32)16-22(18-23)20-41-15-12-36-39-41/h4,9-12,15-18,32-33H,5-7,13-14,19-20H2,1-3H3,(H,34,43)(H,37,38)/b11-10-,35-32?. The molecule has 15 nitrogen and oxygen atoms in total. The first-order valence-electron chi connectivity index (χ1n) is 14.6. The van der Waals surface area contributed by atoms with Gasteiger partial charge in [-0.1, -0.05) is 11.3 Å². The summed E-state index contributed by atoms with van der Waals surface area (Å²) in [5.74, 6) is 0.350. The molecule has 0 atom stereocenters. The number of piperidine rings is 1. The number of aromatic amines is 1. The van der Waals surface area contributed by atoms with Crippen molar-refractivity contribution < 1.29 is 9.53 Å². The van der Waals surface area contributed by atoms with Crippen LogP contribution in [-0.4, -0.2) is 59.4 Å². The summed E-state index contributed by atoms with van der Waals surface area (Å²) >= 11 is 0. The first kappa shape index (κ1) is 30.9. The van der Waals surface area contributed by atoms with Gasteiger partial charge >= 0.3 is 6.09 Å². The second kappa shape index (κ2) is 13.0. The number of rotatable bonds is 10. The van der Waals surface area contributed by atoms with Crippen LogP contribution in [-0.2, 0) is 23.4 Å². The summed E-state index contributed by atoms with van der Waals surface area (Å²) < 4.78 is 9.06. The predicted molar refractivity (Wildman–Crippen MR) is 166 cm³/mol. The molecule has 1 aliphatic rings. The predicted octanol–water partition coefficient (Wildman–Crippen LogP) is 4.34. The summed E-state index contributed by atoms with van der Waals surface area (Å²) in [6, 6.07) is 10.0. The third kappa shape index (κ3) is 7.18. The number of nitrogens with zero attached hydrogens (tertiary/aromatic N) is 8. The molecule has 4 aromatic rings.